The number of unbranched alkanes of at least 4 members (excludes halogenated alkanes) is 4. The molecule has 310 valence electrons. The molecule has 0 spiro atoms. The van der Waals surface area contributed by atoms with E-state index in [0.29, 0.717) is 12.1 Å². The van der Waals surface area contributed by atoms with Gasteiger partial charge in [0.2, 0.25) is 5.82 Å². The van der Waals surface area contributed by atoms with Crippen LogP contribution in [0, 0.1) is 12.6 Å². The number of benzene rings is 4. The topological polar surface area (TPSA) is 34.6 Å². The van der Waals surface area contributed by atoms with Crippen molar-refractivity contribution in [3.63, 3.8) is 0 Å². The first kappa shape index (κ1) is 47.6. The summed E-state index contributed by atoms with van der Waals surface area (Å²) in [6, 6.07) is 47.8. The summed E-state index contributed by atoms with van der Waals surface area (Å²) < 4.78 is 43.5. The van der Waals surface area contributed by atoms with Gasteiger partial charge in [-0.3, -0.25) is 4.98 Å². The minimum absolute atomic E-state index is 0. The number of aryl methyl sites for hydroxylation is 1. The van der Waals surface area contributed by atoms with Gasteiger partial charge in [-0.1, -0.05) is 149 Å². The molecule has 0 saturated carbocycles. The number of alkyl halides is 3. The van der Waals surface area contributed by atoms with Crippen molar-refractivity contribution >= 4 is 37.1 Å². The molecule has 0 bridgehead atoms. The van der Waals surface area contributed by atoms with Crippen LogP contribution in [-0.4, -0.2) is 28.1 Å². The molecule has 1 aliphatic rings. The molecule has 0 fully saturated rings. The van der Waals surface area contributed by atoms with Crippen LogP contribution in [0.5, 0.6) is 0 Å². The van der Waals surface area contributed by atoms with Gasteiger partial charge in [-0.25, -0.2) is 0 Å². The third kappa shape index (κ3) is 14.6. The van der Waals surface area contributed by atoms with Crippen LogP contribution in [0.2, 0.25) is 0 Å². The van der Waals surface area contributed by atoms with Gasteiger partial charge in [0.15, 0.2) is 0 Å². The van der Waals surface area contributed by atoms with Crippen LogP contribution in [0.25, 0.3) is 11.5 Å². The smallest absolute Gasteiger partial charge is 0.338 e. The first-order valence-corrected chi connectivity index (χ1v) is 24.5. The Hall–Kier alpha value is -4.06. The normalized spacial score (nSPS) is 12.4. The summed E-state index contributed by atoms with van der Waals surface area (Å²) in [5.74, 6) is -0.863. The van der Waals surface area contributed by atoms with Crippen molar-refractivity contribution < 1.29 is 37.5 Å². The zero-order valence-corrected chi connectivity index (χ0v) is 39.2. The van der Waals surface area contributed by atoms with Gasteiger partial charge >= 0.3 is 26.0 Å². The molecule has 4 aromatic carbocycles. The predicted octanol–water partition coefficient (Wildman–Crippen LogP) is 10.9. The summed E-state index contributed by atoms with van der Waals surface area (Å²) in [7, 11) is -1.09. The van der Waals surface area contributed by atoms with Crippen LogP contribution in [0.4, 0.5) is 13.2 Å². The number of hydrogen-bond donors (Lipinski definition) is 0. The summed E-state index contributed by atoms with van der Waals surface area (Å²) in [6.45, 7) is 10.7. The minimum atomic E-state index is -4.59. The number of fused-ring (bicyclic) bond motifs is 3. The maximum absolute atomic E-state index is 13.4. The number of allylic oxidation sites excluding steroid dienone is 2. The molecule has 0 amide bonds. The van der Waals surface area contributed by atoms with E-state index in [2.05, 4.69) is 158 Å². The molecular weight excluding hydrogens is 954 g/mol. The van der Waals surface area contributed by atoms with Crippen molar-refractivity contribution in [1.82, 2.24) is 14.8 Å². The molecule has 0 saturated heterocycles. The van der Waals surface area contributed by atoms with E-state index in [0.717, 1.165) is 43.7 Å². The molecular formula is C49H58F3N4OsP2+3. The van der Waals surface area contributed by atoms with Crippen LogP contribution in [0.3, 0.4) is 0 Å². The molecule has 7 rings (SSSR count). The van der Waals surface area contributed by atoms with Crippen molar-refractivity contribution in [1.29, 1.82) is 0 Å². The van der Waals surface area contributed by atoms with E-state index in [1.807, 2.05) is 42.5 Å². The van der Waals surface area contributed by atoms with E-state index in [-0.39, 0.29) is 25.6 Å². The van der Waals surface area contributed by atoms with E-state index in [9.17, 15) is 13.2 Å². The summed E-state index contributed by atoms with van der Waals surface area (Å²) in [5, 5.41) is 9.76. The van der Waals surface area contributed by atoms with Gasteiger partial charge in [0.05, 0.1) is 68.1 Å². The van der Waals surface area contributed by atoms with Crippen LogP contribution in [0.15, 0.2) is 152 Å². The van der Waals surface area contributed by atoms with E-state index >= 15 is 0 Å². The fraction of sp³-hybridized carbons (Fsp3) is 0.286. The molecule has 1 aliphatic heterocycles. The minimum Gasteiger partial charge on any atom is -0.338 e. The Morgan fingerprint density at radius 2 is 1.24 bits per heavy atom. The van der Waals surface area contributed by atoms with Gasteiger partial charge in [-0.2, -0.15) is 30.4 Å². The summed E-state index contributed by atoms with van der Waals surface area (Å²) in [6.07, 6.45) is 10.1. The Morgan fingerprint density at radius 3 is 1.69 bits per heavy atom. The van der Waals surface area contributed by atoms with Crippen LogP contribution in [-0.2, 0) is 32.4 Å². The maximum Gasteiger partial charge on any atom is 2.00 e. The molecule has 0 aliphatic carbocycles. The molecule has 0 radical (unpaired) electrons. The van der Waals surface area contributed by atoms with E-state index in [1.54, 1.807) is 0 Å². The van der Waals surface area contributed by atoms with Crippen LogP contribution < -0.4 is 25.8 Å². The van der Waals surface area contributed by atoms with Gasteiger partial charge in [-0.05, 0) is 67.8 Å². The quantitative estimate of drug-likeness (QED) is 0.0561. The van der Waals surface area contributed by atoms with Crippen molar-refractivity contribution in [2.75, 3.05) is 13.3 Å². The SMILES string of the molecule is CC=C[C-]1CCC[CH-][n+]2ccc(CCCCCCC)cc2-c2nc(C(F)(F)F)nn21.C[PH+](c1ccccc1)c1ccccc1.C[PH+](c1ccccc1)c1ccccc1.[Os+2]. The first-order valence-electron chi connectivity index (χ1n) is 20.5. The van der Waals surface area contributed by atoms with Gasteiger partial charge in [0, 0.05) is 6.54 Å². The molecule has 6 aromatic rings. The van der Waals surface area contributed by atoms with E-state index in [1.165, 1.54) is 45.2 Å². The number of hydrogen-bond acceptors (Lipinski definition) is 2. The zero-order chi connectivity index (χ0) is 41.2. The van der Waals surface area contributed by atoms with Gasteiger partial charge in [0.1, 0.15) is 0 Å². The first-order chi connectivity index (χ1) is 28.2. The van der Waals surface area contributed by atoms with Crippen molar-refractivity contribution in [3.8, 4) is 11.5 Å². The van der Waals surface area contributed by atoms with Crippen molar-refractivity contribution in [2.45, 2.75) is 77.8 Å². The average molecular weight is 1010 g/mol. The Balaban J connectivity index is 0.000000219. The third-order valence-electron chi connectivity index (χ3n) is 10.1. The Labute approximate surface area is 366 Å². The number of aromatic nitrogens is 4. The Morgan fingerprint density at radius 1 is 0.746 bits per heavy atom. The second kappa shape index (κ2) is 24.9. The monoisotopic (exact) mass is 1010 g/mol. The fourth-order valence-electron chi connectivity index (χ4n) is 6.83. The molecule has 2 aromatic heterocycles. The average Bonchev–Trinajstić information content (AvgIpc) is 3.74. The zero-order valence-electron chi connectivity index (χ0n) is 34.7. The summed E-state index contributed by atoms with van der Waals surface area (Å²) >= 11 is 0. The number of rotatable bonds is 11. The molecule has 59 heavy (non-hydrogen) atoms. The number of pyridine rings is 1. The predicted molar refractivity (Wildman–Crippen MR) is 243 cm³/mol. The van der Waals surface area contributed by atoms with Gasteiger partial charge in [-0.15, -0.1) is 0 Å². The summed E-state index contributed by atoms with van der Waals surface area (Å²) in [5.41, 5.74) is 1.76. The molecule has 3 heterocycles. The molecule has 0 atom stereocenters. The van der Waals surface area contributed by atoms with Crippen molar-refractivity contribution in [3.05, 3.63) is 176 Å². The summed E-state index contributed by atoms with van der Waals surface area (Å²) in [4.78, 5) is 3.93. The molecule has 0 unspecified atom stereocenters. The van der Waals surface area contributed by atoms with Crippen molar-refractivity contribution in [2.24, 2.45) is 0 Å². The third-order valence-corrected chi connectivity index (χ3v) is 14.9. The molecule has 10 heteroatoms. The molecule has 4 nitrogen and oxygen atoms in total. The second-order valence-corrected chi connectivity index (χ2v) is 19.2. The maximum atomic E-state index is 13.4. The molecule has 0 N–H and O–H groups in total. The van der Waals surface area contributed by atoms with Gasteiger partial charge in [0.25, 0.3) is 0 Å². The standard InChI is InChI=1S/C23H30F3N4.2C13H13P.Os/c1-3-5-6-7-8-12-18-14-16-29-15-10-9-13-19(11-4-2)30-21(20(29)17-18)27-22(28-30)23(24,25)26;2*1-14(12-8-4-2-5-9-12)13-10-6-3-7-11-13;/h4,11,14-17H,3,5-10,12-13H2,1-2H3;2*2-11H,1H3;/q-1;;;+2/p+2. The Kier molecular flexibility index (Phi) is 20.1. The van der Waals surface area contributed by atoms with E-state index < -0.39 is 27.8 Å². The Bertz CT molecular complexity index is 1940. The number of halogens is 3. The van der Waals surface area contributed by atoms with Gasteiger partial charge < -0.3 is 9.25 Å². The van der Waals surface area contributed by atoms with Crippen LogP contribution >= 0.6 is 15.8 Å². The second-order valence-electron chi connectivity index (χ2n) is 14.4. The largest absolute Gasteiger partial charge is 2.00 e. The fourth-order valence-corrected chi connectivity index (χ4v) is 10.3. The van der Waals surface area contributed by atoms with Crippen LogP contribution in [0.1, 0.15) is 76.6 Å². The van der Waals surface area contributed by atoms with E-state index in [4.69, 9.17) is 0 Å². The number of nitrogens with zero attached hydrogens (tertiary/aromatic N) is 4.